The number of anilines is 1. The Morgan fingerprint density at radius 1 is 1.04 bits per heavy atom. The Labute approximate surface area is 146 Å². The first-order valence-electron chi connectivity index (χ1n) is 8.39. The predicted molar refractivity (Wildman–Crippen MR) is 94.8 cm³/mol. The van der Waals surface area contributed by atoms with Crippen LogP contribution in [-0.2, 0) is 0 Å². The van der Waals surface area contributed by atoms with Crippen molar-refractivity contribution in [1.29, 1.82) is 0 Å². The summed E-state index contributed by atoms with van der Waals surface area (Å²) in [6.45, 7) is 3.15. The molecule has 1 unspecified atom stereocenters. The Balaban J connectivity index is 1.46. The summed E-state index contributed by atoms with van der Waals surface area (Å²) >= 11 is 0. The summed E-state index contributed by atoms with van der Waals surface area (Å²) in [6.07, 6.45) is -0.527. The van der Waals surface area contributed by atoms with E-state index in [0.717, 1.165) is 5.56 Å². The van der Waals surface area contributed by atoms with Gasteiger partial charge in [0.25, 0.3) is 0 Å². The Morgan fingerprint density at radius 2 is 1.68 bits per heavy atom. The Bertz CT molecular complexity index is 686. The van der Waals surface area contributed by atoms with Crippen molar-refractivity contribution in [2.24, 2.45) is 0 Å². The second-order valence-electron chi connectivity index (χ2n) is 6.15. The van der Waals surface area contributed by atoms with E-state index in [1.165, 1.54) is 12.1 Å². The third-order valence-corrected chi connectivity index (χ3v) is 4.37. The van der Waals surface area contributed by atoms with E-state index in [2.05, 4.69) is 10.2 Å². The number of aliphatic hydroxyl groups excluding tert-OH is 1. The SMILES string of the molecule is O=C(Nc1ccc(F)cc1)N1CCN(CC(O)c2ccccc2)CC1. The van der Waals surface area contributed by atoms with Gasteiger partial charge in [0.05, 0.1) is 6.10 Å². The summed E-state index contributed by atoms with van der Waals surface area (Å²) in [4.78, 5) is 16.1. The Hall–Kier alpha value is -2.44. The molecule has 0 spiro atoms. The lowest BCUT2D eigenvalue weighted by Crippen LogP contribution is -2.50. The van der Waals surface area contributed by atoms with E-state index in [1.807, 2.05) is 30.3 Å². The summed E-state index contributed by atoms with van der Waals surface area (Å²) < 4.78 is 12.9. The minimum atomic E-state index is -0.527. The number of hydrogen-bond donors (Lipinski definition) is 2. The molecule has 1 atom stereocenters. The van der Waals surface area contributed by atoms with Gasteiger partial charge in [-0.2, -0.15) is 0 Å². The first-order valence-corrected chi connectivity index (χ1v) is 8.39. The van der Waals surface area contributed by atoms with Crippen molar-refractivity contribution in [3.8, 4) is 0 Å². The number of carbonyl (C=O) groups excluding carboxylic acids is 1. The third kappa shape index (κ3) is 4.78. The van der Waals surface area contributed by atoms with E-state index in [9.17, 15) is 14.3 Å². The van der Waals surface area contributed by atoms with Gasteiger partial charge in [-0.25, -0.2) is 9.18 Å². The fourth-order valence-corrected chi connectivity index (χ4v) is 2.89. The zero-order valence-electron chi connectivity index (χ0n) is 13.9. The van der Waals surface area contributed by atoms with Crippen LogP contribution in [0.25, 0.3) is 0 Å². The smallest absolute Gasteiger partial charge is 0.321 e. The van der Waals surface area contributed by atoms with Crippen LogP contribution in [0.5, 0.6) is 0 Å². The van der Waals surface area contributed by atoms with Gasteiger partial charge < -0.3 is 15.3 Å². The number of nitrogens with zero attached hydrogens (tertiary/aromatic N) is 2. The second kappa shape index (κ2) is 8.09. The van der Waals surface area contributed by atoms with Crippen LogP contribution in [0.15, 0.2) is 54.6 Å². The van der Waals surface area contributed by atoms with Gasteiger partial charge in [-0.05, 0) is 29.8 Å². The average molecular weight is 343 g/mol. The largest absolute Gasteiger partial charge is 0.387 e. The highest BCUT2D eigenvalue weighted by Crippen LogP contribution is 2.15. The molecule has 1 saturated heterocycles. The van der Waals surface area contributed by atoms with Crippen molar-refractivity contribution in [3.63, 3.8) is 0 Å². The number of rotatable bonds is 4. The highest BCUT2D eigenvalue weighted by Gasteiger charge is 2.23. The van der Waals surface area contributed by atoms with Crippen LogP contribution < -0.4 is 5.32 Å². The molecule has 1 aliphatic heterocycles. The number of nitrogens with one attached hydrogen (secondary N) is 1. The maximum absolute atomic E-state index is 12.9. The fourth-order valence-electron chi connectivity index (χ4n) is 2.89. The highest BCUT2D eigenvalue weighted by molar-refractivity contribution is 5.89. The lowest BCUT2D eigenvalue weighted by molar-refractivity contribution is 0.0831. The highest BCUT2D eigenvalue weighted by atomic mass is 19.1. The molecule has 25 heavy (non-hydrogen) atoms. The van der Waals surface area contributed by atoms with E-state index in [4.69, 9.17) is 0 Å². The molecule has 2 N–H and O–H groups in total. The standard InChI is InChI=1S/C19H22FN3O2/c20-16-6-8-17(9-7-16)21-19(25)23-12-10-22(11-13-23)14-18(24)15-4-2-1-3-5-15/h1-9,18,24H,10-14H2,(H,21,25). The molecule has 1 fully saturated rings. The fraction of sp³-hybridized carbons (Fsp3) is 0.316. The molecule has 3 rings (SSSR count). The van der Waals surface area contributed by atoms with E-state index in [0.29, 0.717) is 38.4 Å². The molecule has 0 saturated carbocycles. The summed E-state index contributed by atoms with van der Waals surface area (Å²) in [5, 5.41) is 13.1. The van der Waals surface area contributed by atoms with E-state index in [-0.39, 0.29) is 11.8 Å². The van der Waals surface area contributed by atoms with Gasteiger partial charge in [0.15, 0.2) is 0 Å². The van der Waals surface area contributed by atoms with Gasteiger partial charge in [-0.15, -0.1) is 0 Å². The molecule has 0 bridgehead atoms. The topological polar surface area (TPSA) is 55.8 Å². The molecule has 0 radical (unpaired) electrons. The first kappa shape index (κ1) is 17.4. The molecule has 2 aromatic carbocycles. The molecular weight excluding hydrogens is 321 g/mol. The van der Waals surface area contributed by atoms with Crippen molar-refractivity contribution >= 4 is 11.7 Å². The van der Waals surface area contributed by atoms with Gasteiger partial charge >= 0.3 is 6.03 Å². The molecule has 5 nitrogen and oxygen atoms in total. The normalized spacial score (nSPS) is 16.5. The molecule has 2 amide bonds. The molecule has 0 aliphatic carbocycles. The lowest BCUT2D eigenvalue weighted by Gasteiger charge is -2.35. The van der Waals surface area contributed by atoms with Crippen molar-refractivity contribution in [2.45, 2.75) is 6.10 Å². The third-order valence-electron chi connectivity index (χ3n) is 4.37. The van der Waals surface area contributed by atoms with Crippen LogP contribution >= 0.6 is 0 Å². The van der Waals surface area contributed by atoms with Gasteiger partial charge in [-0.3, -0.25) is 4.90 Å². The summed E-state index contributed by atoms with van der Waals surface area (Å²) in [7, 11) is 0. The molecule has 132 valence electrons. The Morgan fingerprint density at radius 3 is 2.32 bits per heavy atom. The van der Waals surface area contributed by atoms with Crippen LogP contribution in [0.1, 0.15) is 11.7 Å². The van der Waals surface area contributed by atoms with Crippen molar-refractivity contribution < 1.29 is 14.3 Å². The molecule has 1 heterocycles. The number of aliphatic hydroxyl groups is 1. The van der Waals surface area contributed by atoms with Gasteiger partial charge in [0.2, 0.25) is 0 Å². The molecule has 1 aliphatic rings. The number of piperazine rings is 1. The van der Waals surface area contributed by atoms with Crippen LogP contribution in [0.3, 0.4) is 0 Å². The molecule has 6 heteroatoms. The zero-order valence-corrected chi connectivity index (χ0v) is 13.9. The average Bonchev–Trinajstić information content (AvgIpc) is 2.65. The number of urea groups is 1. The number of carbonyl (C=O) groups is 1. The van der Waals surface area contributed by atoms with Crippen LogP contribution in [0.2, 0.25) is 0 Å². The minimum Gasteiger partial charge on any atom is -0.387 e. The van der Waals surface area contributed by atoms with Gasteiger partial charge in [0, 0.05) is 38.4 Å². The van der Waals surface area contributed by atoms with E-state index in [1.54, 1.807) is 17.0 Å². The summed E-state index contributed by atoms with van der Waals surface area (Å²) in [5.74, 6) is -0.330. The Kier molecular flexibility index (Phi) is 5.63. The monoisotopic (exact) mass is 343 g/mol. The van der Waals surface area contributed by atoms with Gasteiger partial charge in [-0.1, -0.05) is 30.3 Å². The predicted octanol–water partition coefficient (Wildman–Crippen LogP) is 2.71. The molecule has 0 aromatic heterocycles. The first-order chi connectivity index (χ1) is 12.1. The molecular formula is C19H22FN3O2. The van der Waals surface area contributed by atoms with Crippen LogP contribution in [-0.4, -0.2) is 53.7 Å². The number of halogens is 1. The van der Waals surface area contributed by atoms with E-state index < -0.39 is 6.10 Å². The molecule has 2 aromatic rings. The number of β-amino-alcohol motifs (C(OH)–C–C–N with tert-alkyl or cyclic N) is 1. The quantitative estimate of drug-likeness (QED) is 0.897. The van der Waals surface area contributed by atoms with E-state index >= 15 is 0 Å². The second-order valence-corrected chi connectivity index (χ2v) is 6.15. The number of amides is 2. The van der Waals surface area contributed by atoms with Crippen molar-refractivity contribution in [1.82, 2.24) is 9.80 Å². The lowest BCUT2D eigenvalue weighted by atomic mass is 10.1. The number of hydrogen-bond acceptors (Lipinski definition) is 3. The van der Waals surface area contributed by atoms with Crippen LogP contribution in [0.4, 0.5) is 14.9 Å². The van der Waals surface area contributed by atoms with Crippen molar-refractivity contribution in [3.05, 3.63) is 66.0 Å². The number of benzene rings is 2. The summed E-state index contributed by atoms with van der Waals surface area (Å²) in [5.41, 5.74) is 1.48. The zero-order chi connectivity index (χ0) is 17.6. The van der Waals surface area contributed by atoms with Crippen molar-refractivity contribution in [2.75, 3.05) is 38.0 Å². The van der Waals surface area contributed by atoms with Crippen LogP contribution in [0, 0.1) is 5.82 Å². The summed E-state index contributed by atoms with van der Waals surface area (Å²) in [6, 6.07) is 15.1. The van der Waals surface area contributed by atoms with Gasteiger partial charge in [0.1, 0.15) is 5.82 Å². The minimum absolute atomic E-state index is 0.185. The maximum Gasteiger partial charge on any atom is 0.321 e. The maximum atomic E-state index is 12.9.